The van der Waals surface area contributed by atoms with Gasteiger partial charge in [0.1, 0.15) is 12.6 Å². The van der Waals surface area contributed by atoms with Crippen LogP contribution in [0.2, 0.25) is 0 Å². The summed E-state index contributed by atoms with van der Waals surface area (Å²) in [6.07, 6.45) is 47.6. The first-order chi connectivity index (χ1) is 26.1. The van der Waals surface area contributed by atoms with Gasteiger partial charge in [0.15, 0.2) is 6.10 Å². The summed E-state index contributed by atoms with van der Waals surface area (Å²) < 4.78 is 32.3. The topological polar surface area (TPSA) is 172 Å². The smallest absolute Gasteiger partial charge is 0.472 e. The number of allylic oxidation sites excluding steroid dienone is 18. The van der Waals surface area contributed by atoms with Gasteiger partial charge in [0.2, 0.25) is 0 Å². The van der Waals surface area contributed by atoms with Crippen LogP contribution in [-0.4, -0.2) is 59.9 Å². The van der Waals surface area contributed by atoms with Gasteiger partial charge in [-0.05, 0) is 64.2 Å². The van der Waals surface area contributed by atoms with Crippen molar-refractivity contribution in [2.45, 2.75) is 103 Å². The predicted octanol–water partition coefficient (Wildman–Crippen LogP) is 9.27. The number of carboxylic acid groups (broad SMARTS) is 1. The zero-order chi connectivity index (χ0) is 40.0. The van der Waals surface area contributed by atoms with E-state index in [-0.39, 0.29) is 12.8 Å². The van der Waals surface area contributed by atoms with E-state index in [0.29, 0.717) is 12.8 Å². The van der Waals surface area contributed by atoms with Crippen molar-refractivity contribution in [3.05, 3.63) is 122 Å². The van der Waals surface area contributed by atoms with Crippen LogP contribution in [0.15, 0.2) is 122 Å². The highest BCUT2D eigenvalue weighted by molar-refractivity contribution is 7.47. The Morgan fingerprint density at radius 1 is 0.537 bits per heavy atom. The lowest BCUT2D eigenvalue weighted by Gasteiger charge is -2.20. The summed E-state index contributed by atoms with van der Waals surface area (Å²) in [7, 11) is -4.76. The van der Waals surface area contributed by atoms with Gasteiger partial charge in [0, 0.05) is 0 Å². The molecular formula is C42H62NO10P. The van der Waals surface area contributed by atoms with Crippen molar-refractivity contribution in [3.8, 4) is 0 Å². The van der Waals surface area contributed by atoms with Gasteiger partial charge in [-0.1, -0.05) is 135 Å². The fraction of sp³-hybridized carbons (Fsp3) is 0.452. The van der Waals surface area contributed by atoms with E-state index >= 15 is 0 Å². The number of esters is 2. The maximum atomic E-state index is 12.5. The van der Waals surface area contributed by atoms with E-state index in [1.165, 1.54) is 0 Å². The molecule has 4 N–H and O–H groups in total. The van der Waals surface area contributed by atoms with E-state index in [9.17, 15) is 23.8 Å². The monoisotopic (exact) mass is 771 g/mol. The van der Waals surface area contributed by atoms with E-state index < -0.39 is 57.7 Å². The lowest BCUT2D eigenvalue weighted by molar-refractivity contribution is -0.160. The molecule has 3 unspecified atom stereocenters. The average molecular weight is 772 g/mol. The standard InChI is InChI=1S/C42H62NO10P/c1-3-5-7-9-11-13-15-17-19-21-23-25-27-29-31-33-40(44)50-35-38(36-51-54(48,49)52-37-39(43)42(46)47)53-41(45)34-32-30-28-26-24-22-20-18-16-14-12-10-8-6-4-2/h5-8,11-14,17-20,23-26,29-32,38-39H,3-4,9-10,15-16,21-22,27-28,33-37,43H2,1-2H3,(H,46,47)(H,48,49)/b7-5-,8-6-,13-11-,14-12-,19-17-,20-18-,25-23-,26-24-,31-29-,32-30-. The summed E-state index contributed by atoms with van der Waals surface area (Å²) in [5.41, 5.74) is 5.30. The second-order valence-corrected chi connectivity index (χ2v) is 13.1. The van der Waals surface area contributed by atoms with E-state index in [1.54, 1.807) is 18.2 Å². The Morgan fingerprint density at radius 2 is 0.870 bits per heavy atom. The summed E-state index contributed by atoms with van der Waals surface area (Å²) >= 11 is 0. The lowest BCUT2D eigenvalue weighted by atomic mass is 10.2. The molecule has 0 fully saturated rings. The Kier molecular flexibility index (Phi) is 33.1. The molecule has 0 aromatic rings. The van der Waals surface area contributed by atoms with E-state index in [2.05, 4.69) is 91.3 Å². The van der Waals surface area contributed by atoms with E-state index in [0.717, 1.165) is 51.4 Å². The molecule has 0 amide bonds. The third-order valence-electron chi connectivity index (χ3n) is 6.77. The summed E-state index contributed by atoms with van der Waals surface area (Å²) in [5.74, 6) is -2.72. The number of carbonyl (C=O) groups is 3. The molecule has 0 rings (SSSR count). The first kappa shape index (κ1) is 49.9. The number of ether oxygens (including phenoxy) is 2. The molecule has 0 radical (unpaired) electrons. The highest BCUT2D eigenvalue weighted by Gasteiger charge is 2.28. The van der Waals surface area contributed by atoms with Crippen molar-refractivity contribution >= 4 is 25.7 Å². The third kappa shape index (κ3) is 34.9. The minimum atomic E-state index is -4.76. The zero-order valence-corrected chi connectivity index (χ0v) is 32.9. The van der Waals surface area contributed by atoms with Gasteiger partial charge in [0.25, 0.3) is 0 Å². The Labute approximate surface area is 322 Å². The van der Waals surface area contributed by atoms with Crippen LogP contribution in [0.4, 0.5) is 0 Å². The molecule has 54 heavy (non-hydrogen) atoms. The predicted molar refractivity (Wildman–Crippen MR) is 216 cm³/mol. The quantitative estimate of drug-likeness (QED) is 0.0338. The number of phosphoric acid groups is 1. The second kappa shape index (κ2) is 35.9. The van der Waals surface area contributed by atoms with Crippen molar-refractivity contribution in [2.24, 2.45) is 5.73 Å². The first-order valence-electron chi connectivity index (χ1n) is 18.6. The maximum Gasteiger partial charge on any atom is 0.472 e. The molecule has 0 aliphatic rings. The van der Waals surface area contributed by atoms with Crippen LogP contribution >= 0.6 is 7.82 Å². The molecule has 0 aromatic carbocycles. The average Bonchev–Trinajstić information content (AvgIpc) is 3.14. The molecule has 0 saturated heterocycles. The van der Waals surface area contributed by atoms with Crippen LogP contribution in [-0.2, 0) is 37.5 Å². The molecule has 0 heterocycles. The van der Waals surface area contributed by atoms with Gasteiger partial charge in [-0.15, -0.1) is 0 Å². The van der Waals surface area contributed by atoms with Gasteiger partial charge in [0.05, 0.1) is 26.1 Å². The van der Waals surface area contributed by atoms with Gasteiger partial charge < -0.3 is 25.2 Å². The highest BCUT2D eigenvalue weighted by Crippen LogP contribution is 2.43. The van der Waals surface area contributed by atoms with Crippen molar-refractivity contribution in [2.75, 3.05) is 19.8 Å². The van der Waals surface area contributed by atoms with Crippen LogP contribution in [0.5, 0.6) is 0 Å². The maximum absolute atomic E-state index is 12.5. The van der Waals surface area contributed by atoms with Gasteiger partial charge >= 0.3 is 25.7 Å². The number of aliphatic carboxylic acids is 1. The van der Waals surface area contributed by atoms with Crippen LogP contribution in [0, 0.1) is 0 Å². The number of hydrogen-bond donors (Lipinski definition) is 3. The molecule has 12 heteroatoms. The molecule has 300 valence electrons. The molecule has 11 nitrogen and oxygen atoms in total. The summed E-state index contributed by atoms with van der Waals surface area (Å²) in [4.78, 5) is 45.6. The Morgan fingerprint density at radius 3 is 1.24 bits per heavy atom. The zero-order valence-electron chi connectivity index (χ0n) is 32.0. The highest BCUT2D eigenvalue weighted by atomic mass is 31.2. The molecule has 0 bridgehead atoms. The van der Waals surface area contributed by atoms with E-state index in [1.807, 2.05) is 30.4 Å². The largest absolute Gasteiger partial charge is 0.480 e. The van der Waals surface area contributed by atoms with Crippen molar-refractivity contribution in [1.82, 2.24) is 0 Å². The third-order valence-corrected chi connectivity index (χ3v) is 7.72. The molecule has 3 atom stereocenters. The fourth-order valence-corrected chi connectivity index (χ4v) is 4.69. The van der Waals surface area contributed by atoms with Gasteiger partial charge in [-0.2, -0.15) is 0 Å². The minimum absolute atomic E-state index is 0.0379. The van der Waals surface area contributed by atoms with Crippen LogP contribution in [0.1, 0.15) is 90.9 Å². The molecular weight excluding hydrogens is 709 g/mol. The number of hydrogen-bond acceptors (Lipinski definition) is 9. The summed E-state index contributed by atoms with van der Waals surface area (Å²) in [5, 5.41) is 8.85. The summed E-state index contributed by atoms with van der Waals surface area (Å²) in [6.45, 7) is 2.32. The molecule has 0 aliphatic heterocycles. The number of carboxylic acids is 1. The molecule has 0 spiro atoms. The number of phosphoric ester groups is 1. The normalized spacial score (nSPS) is 15.2. The van der Waals surface area contributed by atoms with Crippen LogP contribution in [0.25, 0.3) is 0 Å². The van der Waals surface area contributed by atoms with Crippen LogP contribution in [0.3, 0.4) is 0 Å². The first-order valence-corrected chi connectivity index (χ1v) is 20.1. The SMILES string of the molecule is CC/C=C\C/C=C\C/C=C\C/C=C\C/C=C\CC(=O)OCC(COP(=O)(O)OCC(N)C(=O)O)OC(=O)C/C=C\C/C=C\C/C=C\C/C=C\C/C=C\CC. The Bertz CT molecular complexity index is 1370. The second-order valence-electron chi connectivity index (χ2n) is 11.6. The summed E-state index contributed by atoms with van der Waals surface area (Å²) in [6, 6.07) is -1.55. The molecule has 0 aliphatic carbocycles. The Balaban J connectivity index is 4.77. The van der Waals surface area contributed by atoms with Gasteiger partial charge in [-0.3, -0.25) is 23.4 Å². The minimum Gasteiger partial charge on any atom is -0.480 e. The Hall–Kier alpha value is -4.12. The number of rotatable bonds is 32. The number of carbonyl (C=O) groups excluding carboxylic acids is 2. The van der Waals surface area contributed by atoms with E-state index in [4.69, 9.17) is 24.8 Å². The fourth-order valence-electron chi connectivity index (χ4n) is 3.92. The van der Waals surface area contributed by atoms with Crippen molar-refractivity contribution < 1.29 is 47.5 Å². The number of nitrogens with two attached hydrogens (primary N) is 1. The molecule has 0 saturated carbocycles. The molecule has 0 aromatic heterocycles. The van der Waals surface area contributed by atoms with Crippen molar-refractivity contribution in [3.63, 3.8) is 0 Å². The van der Waals surface area contributed by atoms with Crippen molar-refractivity contribution in [1.29, 1.82) is 0 Å². The van der Waals surface area contributed by atoms with Crippen LogP contribution < -0.4 is 5.73 Å². The van der Waals surface area contributed by atoms with Gasteiger partial charge in [-0.25, -0.2) is 4.57 Å². The lowest BCUT2D eigenvalue weighted by Crippen LogP contribution is -2.34.